The summed E-state index contributed by atoms with van der Waals surface area (Å²) in [6.07, 6.45) is 0.815. The zero-order chi connectivity index (χ0) is 14.3. The fourth-order valence-corrected chi connectivity index (χ4v) is 3.17. The smallest absolute Gasteiger partial charge is 0.126 e. The van der Waals surface area contributed by atoms with E-state index in [9.17, 15) is 0 Å². The Hall–Kier alpha value is -0.840. The molecule has 104 valence electrons. The third-order valence-corrected chi connectivity index (χ3v) is 5.05. The number of fused-ring (bicyclic) bond motifs is 1. The molecule has 2 nitrogen and oxygen atoms in total. The van der Waals surface area contributed by atoms with Crippen molar-refractivity contribution in [1.29, 1.82) is 0 Å². The van der Waals surface area contributed by atoms with Crippen molar-refractivity contribution >= 4 is 31.9 Å². The van der Waals surface area contributed by atoms with E-state index in [2.05, 4.69) is 57.0 Å². The summed E-state index contributed by atoms with van der Waals surface area (Å²) in [4.78, 5) is 0. The maximum absolute atomic E-state index is 6.30. The molecule has 4 heteroatoms. The van der Waals surface area contributed by atoms with Crippen molar-refractivity contribution in [3.8, 4) is 5.75 Å². The minimum Gasteiger partial charge on any atom is -0.485 e. The van der Waals surface area contributed by atoms with Gasteiger partial charge in [0.15, 0.2) is 0 Å². The van der Waals surface area contributed by atoms with E-state index in [0.29, 0.717) is 0 Å². The van der Waals surface area contributed by atoms with Gasteiger partial charge in [0.05, 0.1) is 0 Å². The molecule has 0 radical (unpaired) electrons. The predicted octanol–water partition coefficient (Wildman–Crippen LogP) is 5.04. The summed E-state index contributed by atoms with van der Waals surface area (Å²) in [5.41, 5.74) is 9.76. The maximum Gasteiger partial charge on any atom is 0.126 e. The summed E-state index contributed by atoms with van der Waals surface area (Å²) >= 11 is 7.01. The van der Waals surface area contributed by atoms with Gasteiger partial charge in [0, 0.05) is 27.0 Å². The van der Waals surface area contributed by atoms with Crippen LogP contribution in [0.4, 0.5) is 0 Å². The summed E-state index contributed by atoms with van der Waals surface area (Å²) in [5, 5.41) is 0. The van der Waals surface area contributed by atoms with Crippen molar-refractivity contribution in [1.82, 2.24) is 0 Å². The van der Waals surface area contributed by atoms with Crippen LogP contribution in [0.5, 0.6) is 5.75 Å². The Balaban J connectivity index is 1.94. The first-order valence-electron chi connectivity index (χ1n) is 6.52. The minimum atomic E-state index is 0.00482. The Morgan fingerprint density at radius 2 is 1.95 bits per heavy atom. The number of nitrogens with two attached hydrogens (primary N) is 1. The quantitative estimate of drug-likeness (QED) is 0.732. The van der Waals surface area contributed by atoms with Gasteiger partial charge in [-0.25, -0.2) is 0 Å². The summed E-state index contributed by atoms with van der Waals surface area (Å²) < 4.78 is 8.27. The Kier molecular flexibility index (Phi) is 3.89. The number of ether oxygens (including phenoxy) is 1. The summed E-state index contributed by atoms with van der Waals surface area (Å²) in [7, 11) is 0. The Morgan fingerprint density at radius 3 is 2.70 bits per heavy atom. The van der Waals surface area contributed by atoms with E-state index in [-0.39, 0.29) is 12.1 Å². The van der Waals surface area contributed by atoms with Gasteiger partial charge in [-0.1, -0.05) is 44.0 Å². The molecule has 1 aliphatic rings. The lowest BCUT2D eigenvalue weighted by atomic mass is 9.93. The average Bonchev–Trinajstić information content (AvgIpc) is 2.42. The molecule has 0 saturated heterocycles. The lowest BCUT2D eigenvalue weighted by molar-refractivity contribution is 0.161. The highest BCUT2D eigenvalue weighted by Crippen LogP contribution is 2.41. The molecule has 0 spiro atoms. The first kappa shape index (κ1) is 14.1. The van der Waals surface area contributed by atoms with Crippen molar-refractivity contribution in [2.24, 2.45) is 5.73 Å². The van der Waals surface area contributed by atoms with Gasteiger partial charge < -0.3 is 10.5 Å². The molecule has 1 heterocycles. The number of aryl methyl sites for hydroxylation is 1. The molecule has 0 fully saturated rings. The largest absolute Gasteiger partial charge is 0.485 e. The lowest BCUT2D eigenvalue weighted by Gasteiger charge is -2.31. The van der Waals surface area contributed by atoms with Crippen LogP contribution < -0.4 is 10.5 Å². The van der Waals surface area contributed by atoms with Crippen LogP contribution in [-0.4, -0.2) is 0 Å². The molecule has 0 bridgehead atoms. The number of hydrogen-bond acceptors (Lipinski definition) is 2. The van der Waals surface area contributed by atoms with Crippen LogP contribution in [0, 0.1) is 6.92 Å². The van der Waals surface area contributed by atoms with E-state index in [4.69, 9.17) is 10.5 Å². The van der Waals surface area contributed by atoms with E-state index in [1.54, 1.807) is 0 Å². The van der Waals surface area contributed by atoms with Gasteiger partial charge in [0.25, 0.3) is 0 Å². The zero-order valence-corrected chi connectivity index (χ0v) is 14.2. The monoisotopic (exact) mass is 395 g/mol. The van der Waals surface area contributed by atoms with Gasteiger partial charge in [-0.05, 0) is 42.3 Å². The Morgan fingerprint density at radius 1 is 1.15 bits per heavy atom. The third-order valence-electron chi connectivity index (χ3n) is 3.66. The fraction of sp³-hybridized carbons (Fsp3) is 0.250. The second kappa shape index (κ2) is 5.51. The standard InChI is InChI=1S/C16H15Br2NO/c1-9-6-10(2-4-13(9)18)16-8-14(19)12-7-11(17)3-5-15(12)20-16/h2-7,14,16H,8,19H2,1H3/t14-,16?/m1/s1. The number of rotatable bonds is 1. The van der Waals surface area contributed by atoms with Gasteiger partial charge in [-0.3, -0.25) is 0 Å². The average molecular weight is 397 g/mol. The first-order chi connectivity index (χ1) is 9.54. The van der Waals surface area contributed by atoms with Crippen LogP contribution in [-0.2, 0) is 0 Å². The van der Waals surface area contributed by atoms with Crippen molar-refractivity contribution in [3.63, 3.8) is 0 Å². The van der Waals surface area contributed by atoms with Crippen molar-refractivity contribution in [2.75, 3.05) is 0 Å². The maximum atomic E-state index is 6.30. The van der Waals surface area contributed by atoms with Crippen LogP contribution in [0.2, 0.25) is 0 Å². The second-order valence-corrected chi connectivity index (χ2v) is 6.91. The van der Waals surface area contributed by atoms with Crippen molar-refractivity contribution in [2.45, 2.75) is 25.5 Å². The lowest BCUT2D eigenvalue weighted by Crippen LogP contribution is -2.24. The molecule has 0 aliphatic carbocycles. The SMILES string of the molecule is Cc1cc(C2C[C@@H](N)c3cc(Br)ccc3O2)ccc1Br. The Labute approximate surface area is 135 Å². The number of hydrogen-bond donors (Lipinski definition) is 1. The molecule has 20 heavy (non-hydrogen) atoms. The zero-order valence-electron chi connectivity index (χ0n) is 11.1. The highest BCUT2D eigenvalue weighted by molar-refractivity contribution is 9.10. The third kappa shape index (κ3) is 2.65. The molecule has 2 atom stereocenters. The molecule has 2 aromatic carbocycles. The highest BCUT2D eigenvalue weighted by atomic mass is 79.9. The second-order valence-electron chi connectivity index (χ2n) is 5.14. The molecule has 1 aliphatic heterocycles. The van der Waals surface area contributed by atoms with Gasteiger partial charge >= 0.3 is 0 Å². The van der Waals surface area contributed by atoms with Gasteiger partial charge in [-0.2, -0.15) is 0 Å². The molecule has 0 aromatic heterocycles. The van der Waals surface area contributed by atoms with E-state index < -0.39 is 0 Å². The normalized spacial score (nSPS) is 21.2. The van der Waals surface area contributed by atoms with Crippen LogP contribution >= 0.6 is 31.9 Å². The molecule has 0 amide bonds. The highest BCUT2D eigenvalue weighted by Gasteiger charge is 2.27. The number of benzene rings is 2. The van der Waals surface area contributed by atoms with Crippen LogP contribution in [0.15, 0.2) is 45.3 Å². The summed E-state index contributed by atoms with van der Waals surface area (Å²) in [5.74, 6) is 0.887. The molecule has 2 aromatic rings. The minimum absolute atomic E-state index is 0.00482. The summed E-state index contributed by atoms with van der Waals surface area (Å²) in [6.45, 7) is 2.08. The van der Waals surface area contributed by atoms with E-state index in [0.717, 1.165) is 26.7 Å². The van der Waals surface area contributed by atoms with E-state index >= 15 is 0 Å². The number of halogens is 2. The molecule has 0 saturated carbocycles. The van der Waals surface area contributed by atoms with Crippen LogP contribution in [0.25, 0.3) is 0 Å². The first-order valence-corrected chi connectivity index (χ1v) is 8.11. The molecular formula is C16H15Br2NO. The van der Waals surface area contributed by atoms with Crippen LogP contribution in [0.1, 0.15) is 35.3 Å². The van der Waals surface area contributed by atoms with Gasteiger partial charge in [-0.15, -0.1) is 0 Å². The Bertz CT molecular complexity index is 657. The molecular weight excluding hydrogens is 382 g/mol. The van der Waals surface area contributed by atoms with Gasteiger partial charge in [0.2, 0.25) is 0 Å². The fourth-order valence-electron chi connectivity index (χ4n) is 2.55. The molecule has 3 rings (SSSR count). The topological polar surface area (TPSA) is 35.2 Å². The van der Waals surface area contributed by atoms with Crippen molar-refractivity contribution < 1.29 is 4.74 Å². The van der Waals surface area contributed by atoms with E-state index in [1.807, 2.05) is 18.2 Å². The van der Waals surface area contributed by atoms with Crippen LogP contribution in [0.3, 0.4) is 0 Å². The summed E-state index contributed by atoms with van der Waals surface area (Å²) in [6, 6.07) is 12.3. The van der Waals surface area contributed by atoms with E-state index in [1.165, 1.54) is 11.1 Å². The van der Waals surface area contributed by atoms with Crippen molar-refractivity contribution in [3.05, 3.63) is 62.0 Å². The van der Waals surface area contributed by atoms with Gasteiger partial charge in [0.1, 0.15) is 11.9 Å². The predicted molar refractivity (Wildman–Crippen MR) is 87.9 cm³/mol. The molecule has 1 unspecified atom stereocenters. The molecule has 2 N–H and O–H groups in total.